The lowest BCUT2D eigenvalue weighted by Crippen LogP contribution is -2.49. The van der Waals surface area contributed by atoms with E-state index in [0.29, 0.717) is 5.82 Å². The molecule has 122 valence electrons. The summed E-state index contributed by atoms with van der Waals surface area (Å²) >= 11 is 0. The Labute approximate surface area is 129 Å². The number of nitrogens with zero attached hydrogens (tertiary/aromatic N) is 4. The molecule has 0 amide bonds. The second-order valence-corrected chi connectivity index (χ2v) is 5.27. The van der Waals surface area contributed by atoms with E-state index < -0.39 is 30.4 Å². The molecule has 1 aliphatic rings. The van der Waals surface area contributed by atoms with Gasteiger partial charge in [-0.25, -0.2) is 19.3 Å². The SMILES string of the molecule is C#C[C@]1(O)[C@H](n2cnc3c(N)nc(C)nc32)O[C@](F)(CO)[C@H]1O. The molecule has 1 fully saturated rings. The lowest BCUT2D eigenvalue weighted by molar-refractivity contribution is -0.206. The molecule has 10 heteroatoms. The van der Waals surface area contributed by atoms with Gasteiger partial charge >= 0.3 is 0 Å². The van der Waals surface area contributed by atoms with Crippen molar-refractivity contribution in [2.24, 2.45) is 0 Å². The van der Waals surface area contributed by atoms with Crippen LogP contribution in [-0.2, 0) is 4.74 Å². The fourth-order valence-corrected chi connectivity index (χ4v) is 2.57. The standard InChI is InChI=1S/C13H14FN5O4/c1-3-12(22)10(21)13(14,4-20)23-11(12)19-5-16-7-8(15)17-6(2)18-9(7)19/h1,5,10-11,20-22H,4H2,2H3,(H2,15,17,18)/t10-,11+,12+,13+/m0/s1. The zero-order chi connectivity index (χ0) is 17.0. The minimum absolute atomic E-state index is 0.0858. The maximum absolute atomic E-state index is 14.4. The van der Waals surface area contributed by atoms with E-state index in [1.54, 1.807) is 6.92 Å². The van der Waals surface area contributed by atoms with Crippen LogP contribution >= 0.6 is 0 Å². The van der Waals surface area contributed by atoms with E-state index in [-0.39, 0.29) is 17.0 Å². The molecule has 2 aromatic rings. The van der Waals surface area contributed by atoms with Crippen molar-refractivity contribution in [2.75, 3.05) is 12.3 Å². The number of anilines is 1. The van der Waals surface area contributed by atoms with E-state index in [4.69, 9.17) is 22.0 Å². The quantitative estimate of drug-likeness (QED) is 0.496. The minimum Gasteiger partial charge on any atom is -0.390 e. The molecule has 0 bridgehead atoms. The highest BCUT2D eigenvalue weighted by Crippen LogP contribution is 2.45. The Morgan fingerprint density at radius 1 is 1.57 bits per heavy atom. The number of alkyl halides is 1. The van der Waals surface area contributed by atoms with Crippen LogP contribution in [0.5, 0.6) is 0 Å². The zero-order valence-corrected chi connectivity index (χ0v) is 12.0. The summed E-state index contributed by atoms with van der Waals surface area (Å²) in [6.45, 7) is 0.384. The number of terminal acetylenes is 1. The third-order valence-electron chi connectivity index (χ3n) is 3.77. The van der Waals surface area contributed by atoms with Gasteiger partial charge in [0.05, 0.1) is 6.33 Å². The van der Waals surface area contributed by atoms with E-state index in [2.05, 4.69) is 15.0 Å². The van der Waals surface area contributed by atoms with Gasteiger partial charge < -0.3 is 25.8 Å². The first-order valence-electron chi connectivity index (χ1n) is 6.59. The van der Waals surface area contributed by atoms with Crippen molar-refractivity contribution >= 4 is 17.0 Å². The van der Waals surface area contributed by atoms with Gasteiger partial charge in [-0.2, -0.15) is 0 Å². The summed E-state index contributed by atoms with van der Waals surface area (Å²) in [6.07, 6.45) is 2.69. The minimum atomic E-state index is -2.93. The van der Waals surface area contributed by atoms with Gasteiger partial charge in [0.15, 0.2) is 23.8 Å². The van der Waals surface area contributed by atoms with Crippen LogP contribution in [-0.4, -0.2) is 59.0 Å². The molecule has 2 aromatic heterocycles. The Balaban J connectivity index is 2.20. The maximum Gasteiger partial charge on any atom is 0.264 e. The predicted molar refractivity (Wildman–Crippen MR) is 75.3 cm³/mol. The number of aryl methyl sites for hydroxylation is 1. The first kappa shape index (κ1) is 15.6. The first-order chi connectivity index (χ1) is 10.8. The molecule has 1 saturated heterocycles. The molecule has 0 spiro atoms. The smallest absolute Gasteiger partial charge is 0.264 e. The largest absolute Gasteiger partial charge is 0.390 e. The van der Waals surface area contributed by atoms with Crippen molar-refractivity contribution in [3.05, 3.63) is 12.2 Å². The van der Waals surface area contributed by atoms with E-state index in [1.165, 1.54) is 6.33 Å². The molecule has 23 heavy (non-hydrogen) atoms. The average molecular weight is 323 g/mol. The molecule has 0 unspecified atom stereocenters. The van der Waals surface area contributed by atoms with Gasteiger partial charge in [-0.1, -0.05) is 5.92 Å². The number of hydrogen-bond donors (Lipinski definition) is 4. The maximum atomic E-state index is 14.4. The van der Waals surface area contributed by atoms with Gasteiger partial charge in [0, 0.05) is 0 Å². The fourth-order valence-electron chi connectivity index (χ4n) is 2.57. The van der Waals surface area contributed by atoms with Crippen molar-refractivity contribution in [2.45, 2.75) is 30.7 Å². The summed E-state index contributed by atoms with van der Waals surface area (Å²) in [5.41, 5.74) is 3.64. The van der Waals surface area contributed by atoms with Gasteiger partial charge in [0.2, 0.25) is 5.60 Å². The van der Waals surface area contributed by atoms with E-state index in [0.717, 1.165) is 4.57 Å². The van der Waals surface area contributed by atoms with Gasteiger partial charge in [0.1, 0.15) is 17.9 Å². The van der Waals surface area contributed by atoms with Crippen LogP contribution in [0.1, 0.15) is 12.1 Å². The molecular weight excluding hydrogens is 309 g/mol. The third kappa shape index (κ3) is 1.98. The molecule has 0 aliphatic carbocycles. The third-order valence-corrected chi connectivity index (χ3v) is 3.77. The summed E-state index contributed by atoms with van der Waals surface area (Å²) in [7, 11) is 0. The number of aromatic nitrogens is 4. The van der Waals surface area contributed by atoms with Gasteiger partial charge in [-0.05, 0) is 6.92 Å². The number of fused-ring (bicyclic) bond motifs is 1. The van der Waals surface area contributed by atoms with Crippen molar-refractivity contribution in [1.29, 1.82) is 0 Å². The Bertz CT molecular complexity index is 821. The first-order valence-corrected chi connectivity index (χ1v) is 6.59. The molecular formula is C13H14FN5O4. The van der Waals surface area contributed by atoms with Crippen LogP contribution in [0, 0.1) is 19.3 Å². The number of halogens is 1. The average Bonchev–Trinajstić information content (AvgIpc) is 3.01. The molecule has 1 aliphatic heterocycles. The predicted octanol–water partition coefficient (Wildman–Crippen LogP) is -1.37. The molecule has 0 aromatic carbocycles. The van der Waals surface area contributed by atoms with E-state index >= 15 is 0 Å². The molecule has 0 saturated carbocycles. The lowest BCUT2D eigenvalue weighted by atomic mass is 9.94. The second kappa shape index (κ2) is 4.84. The van der Waals surface area contributed by atoms with Crippen LogP contribution in [0.3, 0.4) is 0 Å². The number of aliphatic hydroxyl groups excluding tert-OH is 2. The number of imidazole rings is 1. The summed E-state index contributed by atoms with van der Waals surface area (Å²) in [5, 5.41) is 29.6. The number of aliphatic hydroxyl groups is 3. The number of nitrogens with two attached hydrogens (primary N) is 1. The number of ether oxygens (including phenoxy) is 1. The van der Waals surface area contributed by atoms with E-state index in [9.17, 15) is 14.6 Å². The highest BCUT2D eigenvalue weighted by molar-refractivity contribution is 5.81. The number of rotatable bonds is 2. The van der Waals surface area contributed by atoms with Crippen LogP contribution in [0.25, 0.3) is 11.2 Å². The van der Waals surface area contributed by atoms with Crippen molar-refractivity contribution in [1.82, 2.24) is 19.5 Å². The Morgan fingerprint density at radius 2 is 2.26 bits per heavy atom. The second-order valence-electron chi connectivity index (χ2n) is 5.27. The number of hydrogen-bond acceptors (Lipinski definition) is 8. The summed E-state index contributed by atoms with van der Waals surface area (Å²) in [4.78, 5) is 12.1. The Morgan fingerprint density at radius 3 is 2.87 bits per heavy atom. The Hall–Kier alpha value is -2.32. The van der Waals surface area contributed by atoms with Gasteiger partial charge in [-0.15, -0.1) is 6.42 Å². The molecule has 9 nitrogen and oxygen atoms in total. The molecule has 3 rings (SSSR count). The molecule has 0 radical (unpaired) electrons. The fraction of sp³-hybridized carbons (Fsp3) is 0.462. The van der Waals surface area contributed by atoms with Crippen LogP contribution in [0.2, 0.25) is 0 Å². The highest BCUT2D eigenvalue weighted by atomic mass is 19.2. The molecule has 4 atom stereocenters. The van der Waals surface area contributed by atoms with Crippen LogP contribution in [0.15, 0.2) is 6.33 Å². The zero-order valence-electron chi connectivity index (χ0n) is 12.0. The van der Waals surface area contributed by atoms with Crippen LogP contribution < -0.4 is 5.73 Å². The summed E-state index contributed by atoms with van der Waals surface area (Å²) in [5.74, 6) is -0.617. The molecule has 3 heterocycles. The highest BCUT2D eigenvalue weighted by Gasteiger charge is 2.64. The van der Waals surface area contributed by atoms with Gasteiger partial charge in [-0.3, -0.25) is 4.57 Å². The Kier molecular flexibility index (Phi) is 3.27. The summed E-state index contributed by atoms with van der Waals surface area (Å²) in [6, 6.07) is 0. The van der Waals surface area contributed by atoms with Crippen molar-refractivity contribution < 1.29 is 24.4 Å². The normalized spacial score (nSPS) is 33.9. The van der Waals surface area contributed by atoms with Crippen LogP contribution in [0.4, 0.5) is 10.2 Å². The van der Waals surface area contributed by atoms with Crippen molar-refractivity contribution in [3.8, 4) is 12.3 Å². The van der Waals surface area contributed by atoms with Crippen molar-refractivity contribution in [3.63, 3.8) is 0 Å². The van der Waals surface area contributed by atoms with Gasteiger partial charge in [0.25, 0.3) is 5.85 Å². The van der Waals surface area contributed by atoms with E-state index in [1.807, 2.05) is 5.92 Å². The monoisotopic (exact) mass is 323 g/mol. The topological polar surface area (TPSA) is 140 Å². The summed E-state index contributed by atoms with van der Waals surface area (Å²) < 4.78 is 20.6. The lowest BCUT2D eigenvalue weighted by Gasteiger charge is -2.26. The molecule has 5 N–H and O–H groups in total. The number of nitrogen functional groups attached to an aromatic ring is 1.